The van der Waals surface area contributed by atoms with E-state index in [1.54, 1.807) is 4.40 Å². The Hall–Kier alpha value is -0.920. The summed E-state index contributed by atoms with van der Waals surface area (Å²) >= 11 is 4.74. The SMILES string of the molecule is COC(Br)c1c(C(N)=O)nc2sccn12. The highest BCUT2D eigenvalue weighted by molar-refractivity contribution is 9.09. The van der Waals surface area contributed by atoms with Crippen LogP contribution in [0.2, 0.25) is 0 Å². The second-order valence-electron chi connectivity index (χ2n) is 2.82. The van der Waals surface area contributed by atoms with Crippen molar-refractivity contribution in [3.63, 3.8) is 0 Å². The molecule has 1 amide bonds. The molecular weight excluding hydrogens is 282 g/mol. The Balaban J connectivity index is 2.68. The molecule has 0 saturated heterocycles. The third-order valence-corrected chi connectivity index (χ3v) is 3.52. The Kier molecular flexibility index (Phi) is 2.76. The molecule has 2 aromatic heterocycles. The van der Waals surface area contributed by atoms with Crippen LogP contribution in [0.1, 0.15) is 21.2 Å². The van der Waals surface area contributed by atoms with Crippen molar-refractivity contribution in [3.8, 4) is 0 Å². The van der Waals surface area contributed by atoms with Crippen molar-refractivity contribution in [3.05, 3.63) is 23.0 Å². The van der Waals surface area contributed by atoms with E-state index in [2.05, 4.69) is 20.9 Å². The number of ether oxygens (including phenoxy) is 1. The maximum Gasteiger partial charge on any atom is 0.269 e. The molecule has 0 radical (unpaired) electrons. The summed E-state index contributed by atoms with van der Waals surface area (Å²) in [5.41, 5.74) is 6.11. The van der Waals surface area contributed by atoms with Crippen molar-refractivity contribution in [1.29, 1.82) is 0 Å². The van der Waals surface area contributed by atoms with Gasteiger partial charge in [-0.25, -0.2) is 4.98 Å². The van der Waals surface area contributed by atoms with Crippen molar-refractivity contribution < 1.29 is 9.53 Å². The number of alkyl halides is 1. The second-order valence-corrected chi connectivity index (χ2v) is 4.52. The predicted octanol–water partition coefficient (Wildman–Crippen LogP) is 1.53. The number of halogens is 1. The molecule has 0 saturated carbocycles. The molecule has 0 aliphatic heterocycles. The number of thiazole rings is 1. The average Bonchev–Trinajstić information content (AvgIpc) is 2.74. The minimum absolute atomic E-state index is 0.241. The standard InChI is InChI=1S/C8H8BrN3O2S/c1-14-6(9)5-4(7(10)13)11-8-12(5)2-3-15-8/h2-3,6H,1H3,(H2,10,13). The molecule has 1 unspecified atom stereocenters. The maximum absolute atomic E-state index is 11.2. The van der Waals surface area contributed by atoms with Crippen molar-refractivity contribution in [2.24, 2.45) is 5.73 Å². The van der Waals surface area contributed by atoms with Gasteiger partial charge in [0.2, 0.25) is 0 Å². The minimum atomic E-state index is -0.553. The topological polar surface area (TPSA) is 69.6 Å². The number of primary amides is 1. The van der Waals surface area contributed by atoms with Gasteiger partial charge in [0, 0.05) is 18.7 Å². The molecule has 0 bridgehead atoms. The Morgan fingerprint density at radius 2 is 2.53 bits per heavy atom. The summed E-state index contributed by atoms with van der Waals surface area (Å²) in [6, 6.07) is 0. The lowest BCUT2D eigenvalue weighted by molar-refractivity contribution is 0.0990. The van der Waals surface area contributed by atoms with Gasteiger partial charge in [-0.3, -0.25) is 9.20 Å². The number of fused-ring (bicyclic) bond motifs is 1. The van der Waals surface area contributed by atoms with Crippen LogP contribution < -0.4 is 5.73 Å². The number of amides is 1. The zero-order valence-electron chi connectivity index (χ0n) is 7.81. The first-order chi connectivity index (χ1) is 7.15. The number of hydrogen-bond acceptors (Lipinski definition) is 4. The Morgan fingerprint density at radius 3 is 3.13 bits per heavy atom. The largest absolute Gasteiger partial charge is 0.364 e. The van der Waals surface area contributed by atoms with E-state index in [1.807, 2.05) is 11.6 Å². The predicted molar refractivity (Wildman–Crippen MR) is 60.3 cm³/mol. The fourth-order valence-electron chi connectivity index (χ4n) is 1.31. The van der Waals surface area contributed by atoms with E-state index in [9.17, 15) is 4.79 Å². The average molecular weight is 290 g/mol. The van der Waals surface area contributed by atoms with Crippen LogP contribution in [0.3, 0.4) is 0 Å². The van der Waals surface area contributed by atoms with E-state index in [-0.39, 0.29) is 5.69 Å². The van der Waals surface area contributed by atoms with E-state index in [0.29, 0.717) is 5.69 Å². The number of nitrogens with two attached hydrogens (primary N) is 1. The first kappa shape index (κ1) is 10.6. The van der Waals surface area contributed by atoms with Gasteiger partial charge in [-0.15, -0.1) is 11.3 Å². The molecule has 2 rings (SSSR count). The van der Waals surface area contributed by atoms with Crippen LogP contribution in [0.15, 0.2) is 11.6 Å². The van der Waals surface area contributed by atoms with Crippen molar-refractivity contribution in [2.45, 2.75) is 5.01 Å². The van der Waals surface area contributed by atoms with Crippen LogP contribution in [0, 0.1) is 0 Å². The number of rotatable bonds is 3. The highest BCUT2D eigenvalue weighted by Gasteiger charge is 2.22. The van der Waals surface area contributed by atoms with Gasteiger partial charge in [-0.2, -0.15) is 0 Å². The molecule has 0 fully saturated rings. The second kappa shape index (κ2) is 3.92. The molecule has 2 N–H and O–H groups in total. The fraction of sp³-hybridized carbons (Fsp3) is 0.250. The molecular formula is C8H8BrN3O2S. The van der Waals surface area contributed by atoms with E-state index in [0.717, 1.165) is 4.96 Å². The van der Waals surface area contributed by atoms with E-state index >= 15 is 0 Å². The first-order valence-corrected chi connectivity index (χ1v) is 5.86. The van der Waals surface area contributed by atoms with E-state index in [4.69, 9.17) is 10.5 Å². The molecule has 0 aliphatic carbocycles. The highest BCUT2D eigenvalue weighted by Crippen LogP contribution is 2.28. The number of aromatic nitrogens is 2. The van der Waals surface area contributed by atoms with Gasteiger partial charge >= 0.3 is 0 Å². The number of methoxy groups -OCH3 is 1. The Bertz CT molecular complexity index is 507. The summed E-state index contributed by atoms with van der Waals surface area (Å²) in [5, 5.41) is 1.48. The van der Waals surface area contributed by atoms with Crippen LogP contribution in [-0.2, 0) is 4.74 Å². The molecule has 0 aromatic carbocycles. The Morgan fingerprint density at radius 1 is 1.80 bits per heavy atom. The zero-order valence-corrected chi connectivity index (χ0v) is 10.2. The molecule has 80 valence electrons. The smallest absolute Gasteiger partial charge is 0.269 e. The summed E-state index contributed by atoms with van der Waals surface area (Å²) in [7, 11) is 1.54. The molecule has 0 spiro atoms. The van der Waals surface area contributed by atoms with E-state index in [1.165, 1.54) is 18.4 Å². The molecule has 7 heteroatoms. The third-order valence-electron chi connectivity index (χ3n) is 1.95. The fourth-order valence-corrected chi connectivity index (χ4v) is 2.47. The molecule has 15 heavy (non-hydrogen) atoms. The quantitative estimate of drug-likeness (QED) is 0.872. The summed E-state index contributed by atoms with van der Waals surface area (Å²) in [4.78, 5) is 16.0. The summed E-state index contributed by atoms with van der Waals surface area (Å²) in [6.07, 6.45) is 1.82. The van der Waals surface area contributed by atoms with Crippen LogP contribution in [0.4, 0.5) is 0 Å². The third kappa shape index (κ3) is 1.66. The van der Waals surface area contributed by atoms with Crippen LogP contribution >= 0.6 is 27.3 Å². The van der Waals surface area contributed by atoms with Gasteiger partial charge in [0.15, 0.2) is 15.7 Å². The maximum atomic E-state index is 11.2. The summed E-state index contributed by atoms with van der Waals surface area (Å²) in [6.45, 7) is 0. The monoisotopic (exact) mass is 289 g/mol. The number of carbonyl (C=O) groups is 1. The first-order valence-electron chi connectivity index (χ1n) is 4.07. The summed E-state index contributed by atoms with van der Waals surface area (Å²) < 4.78 is 6.90. The van der Waals surface area contributed by atoms with Gasteiger partial charge in [-0.05, 0) is 0 Å². The lowest BCUT2D eigenvalue weighted by Gasteiger charge is -2.07. The lowest BCUT2D eigenvalue weighted by atomic mass is 10.3. The number of imidazole rings is 1. The molecule has 5 nitrogen and oxygen atoms in total. The molecule has 2 aromatic rings. The van der Waals surface area contributed by atoms with Crippen molar-refractivity contribution >= 4 is 38.1 Å². The van der Waals surface area contributed by atoms with Gasteiger partial charge in [0.05, 0.1) is 5.69 Å². The van der Waals surface area contributed by atoms with Crippen molar-refractivity contribution in [2.75, 3.05) is 7.11 Å². The molecule has 2 heterocycles. The molecule has 1 atom stereocenters. The van der Waals surface area contributed by atoms with Crippen LogP contribution in [0.25, 0.3) is 4.96 Å². The van der Waals surface area contributed by atoms with Crippen molar-refractivity contribution in [1.82, 2.24) is 9.38 Å². The van der Waals surface area contributed by atoms with Gasteiger partial charge in [0.1, 0.15) is 0 Å². The van der Waals surface area contributed by atoms with Crippen LogP contribution in [0.5, 0.6) is 0 Å². The van der Waals surface area contributed by atoms with Gasteiger partial charge < -0.3 is 10.5 Å². The number of carbonyl (C=O) groups excluding carboxylic acids is 1. The van der Waals surface area contributed by atoms with Gasteiger partial charge in [0.25, 0.3) is 5.91 Å². The minimum Gasteiger partial charge on any atom is -0.364 e. The highest BCUT2D eigenvalue weighted by atomic mass is 79.9. The normalized spacial score (nSPS) is 13.2. The van der Waals surface area contributed by atoms with Gasteiger partial charge in [-0.1, -0.05) is 15.9 Å². The van der Waals surface area contributed by atoms with Crippen LogP contribution in [-0.4, -0.2) is 22.4 Å². The lowest BCUT2D eigenvalue weighted by Crippen LogP contribution is -2.15. The summed E-state index contributed by atoms with van der Waals surface area (Å²) in [5.74, 6) is -0.553. The number of hydrogen-bond donors (Lipinski definition) is 1. The molecule has 0 aliphatic rings. The Labute approximate surface area is 98.0 Å². The zero-order chi connectivity index (χ0) is 11.0. The van der Waals surface area contributed by atoms with E-state index < -0.39 is 10.9 Å². The number of nitrogens with zero attached hydrogens (tertiary/aromatic N) is 2.